The molecule has 0 aliphatic carbocycles. The average molecular weight is 421 g/mol. The number of nitrogens with zero attached hydrogens (tertiary/aromatic N) is 1. The zero-order chi connectivity index (χ0) is 22.0. The molecular formula is C24H23NO6. The first-order valence-electron chi connectivity index (χ1n) is 10.2. The van der Waals surface area contributed by atoms with E-state index in [1.807, 2.05) is 6.92 Å². The average Bonchev–Trinajstić information content (AvgIpc) is 3.08. The highest BCUT2D eigenvalue weighted by Gasteiger charge is 2.42. The molecule has 0 saturated heterocycles. The molecule has 7 nitrogen and oxygen atoms in total. The second kappa shape index (κ2) is 8.73. The third-order valence-corrected chi connectivity index (χ3v) is 5.41. The minimum absolute atomic E-state index is 0.0714. The van der Waals surface area contributed by atoms with Gasteiger partial charge in [-0.2, -0.15) is 0 Å². The number of esters is 1. The van der Waals surface area contributed by atoms with Gasteiger partial charge >= 0.3 is 5.97 Å². The van der Waals surface area contributed by atoms with Gasteiger partial charge in [-0.3, -0.25) is 9.59 Å². The van der Waals surface area contributed by atoms with Crippen LogP contribution in [0.15, 0.2) is 57.7 Å². The molecule has 0 bridgehead atoms. The van der Waals surface area contributed by atoms with Crippen LogP contribution in [-0.4, -0.2) is 43.6 Å². The highest BCUT2D eigenvalue weighted by Crippen LogP contribution is 2.38. The largest absolute Gasteiger partial charge is 0.465 e. The number of carbonyl (C=O) groups is 2. The van der Waals surface area contributed by atoms with Crippen molar-refractivity contribution in [2.45, 2.75) is 19.4 Å². The molecule has 31 heavy (non-hydrogen) atoms. The molecule has 2 aromatic carbocycles. The maximum absolute atomic E-state index is 13.4. The van der Waals surface area contributed by atoms with Crippen LogP contribution >= 0.6 is 0 Å². The van der Waals surface area contributed by atoms with Gasteiger partial charge < -0.3 is 18.8 Å². The molecule has 1 aliphatic rings. The van der Waals surface area contributed by atoms with E-state index in [4.69, 9.17) is 13.9 Å². The first-order chi connectivity index (χ1) is 15.1. The summed E-state index contributed by atoms with van der Waals surface area (Å²) in [7, 11) is 1.32. The Labute approximate surface area is 179 Å². The van der Waals surface area contributed by atoms with Crippen molar-refractivity contribution in [1.29, 1.82) is 0 Å². The smallest absolute Gasteiger partial charge is 0.337 e. The minimum Gasteiger partial charge on any atom is -0.465 e. The summed E-state index contributed by atoms with van der Waals surface area (Å²) in [5.74, 6) is -0.702. The predicted octanol–water partition coefficient (Wildman–Crippen LogP) is 3.55. The molecule has 0 N–H and O–H groups in total. The van der Waals surface area contributed by atoms with E-state index in [1.54, 1.807) is 53.4 Å². The Morgan fingerprint density at radius 2 is 1.84 bits per heavy atom. The van der Waals surface area contributed by atoms with Gasteiger partial charge in [0, 0.05) is 19.8 Å². The lowest BCUT2D eigenvalue weighted by Gasteiger charge is -2.25. The monoisotopic (exact) mass is 421 g/mol. The van der Waals surface area contributed by atoms with E-state index in [9.17, 15) is 14.4 Å². The molecule has 0 fully saturated rings. The fraction of sp³-hybridized carbons (Fsp3) is 0.292. The molecule has 4 rings (SSSR count). The van der Waals surface area contributed by atoms with Gasteiger partial charge in [0.2, 0.25) is 5.76 Å². The van der Waals surface area contributed by atoms with E-state index in [-0.39, 0.29) is 17.1 Å². The van der Waals surface area contributed by atoms with Gasteiger partial charge in [0.25, 0.3) is 5.91 Å². The van der Waals surface area contributed by atoms with E-state index < -0.39 is 12.0 Å². The molecular weight excluding hydrogens is 398 g/mol. The molecule has 0 radical (unpaired) electrons. The van der Waals surface area contributed by atoms with Gasteiger partial charge in [0.05, 0.1) is 29.7 Å². The molecule has 2 heterocycles. The molecule has 7 heteroatoms. The van der Waals surface area contributed by atoms with Crippen LogP contribution in [0, 0.1) is 0 Å². The van der Waals surface area contributed by atoms with Crippen LogP contribution in [0.25, 0.3) is 11.0 Å². The maximum atomic E-state index is 13.4. The fourth-order valence-corrected chi connectivity index (χ4v) is 3.94. The molecule has 0 unspecified atom stereocenters. The van der Waals surface area contributed by atoms with Crippen molar-refractivity contribution in [2.24, 2.45) is 0 Å². The van der Waals surface area contributed by atoms with Gasteiger partial charge in [-0.05, 0) is 43.2 Å². The van der Waals surface area contributed by atoms with E-state index in [0.29, 0.717) is 48.3 Å². The predicted molar refractivity (Wildman–Crippen MR) is 114 cm³/mol. The molecule has 1 aliphatic heterocycles. The first kappa shape index (κ1) is 20.8. The second-order valence-electron chi connectivity index (χ2n) is 7.24. The van der Waals surface area contributed by atoms with Crippen LogP contribution in [0.4, 0.5) is 0 Å². The Bertz CT molecular complexity index is 1180. The number of amides is 1. The topological polar surface area (TPSA) is 86.0 Å². The van der Waals surface area contributed by atoms with Crippen molar-refractivity contribution in [3.05, 3.63) is 81.2 Å². The Hall–Kier alpha value is -3.45. The lowest BCUT2D eigenvalue weighted by atomic mass is 9.97. The third kappa shape index (κ3) is 3.72. The zero-order valence-electron chi connectivity index (χ0n) is 17.4. The number of hydrogen-bond donors (Lipinski definition) is 0. The van der Waals surface area contributed by atoms with Gasteiger partial charge in [-0.25, -0.2) is 4.79 Å². The van der Waals surface area contributed by atoms with Gasteiger partial charge in [0.15, 0.2) is 5.43 Å². The number of ether oxygens (including phenoxy) is 2. The van der Waals surface area contributed by atoms with Crippen LogP contribution in [-0.2, 0) is 9.47 Å². The van der Waals surface area contributed by atoms with E-state index in [2.05, 4.69) is 0 Å². The number of benzene rings is 2. The lowest BCUT2D eigenvalue weighted by molar-refractivity contribution is 0.0599. The van der Waals surface area contributed by atoms with Gasteiger partial charge in [-0.1, -0.05) is 24.3 Å². The van der Waals surface area contributed by atoms with Crippen LogP contribution in [0.3, 0.4) is 0 Å². The second-order valence-corrected chi connectivity index (χ2v) is 7.24. The molecule has 3 aromatic rings. The fourth-order valence-electron chi connectivity index (χ4n) is 3.94. The van der Waals surface area contributed by atoms with Crippen molar-refractivity contribution in [1.82, 2.24) is 4.90 Å². The summed E-state index contributed by atoms with van der Waals surface area (Å²) >= 11 is 0. The first-order valence-corrected chi connectivity index (χ1v) is 10.2. The quantitative estimate of drug-likeness (QED) is 0.428. The summed E-state index contributed by atoms with van der Waals surface area (Å²) in [6.07, 6.45) is 0.623. The summed E-state index contributed by atoms with van der Waals surface area (Å²) in [4.78, 5) is 40.0. The van der Waals surface area contributed by atoms with E-state index in [1.165, 1.54) is 7.11 Å². The number of carbonyl (C=O) groups excluding carboxylic acids is 2. The molecule has 0 saturated carbocycles. The van der Waals surface area contributed by atoms with Crippen molar-refractivity contribution in [2.75, 3.05) is 26.9 Å². The maximum Gasteiger partial charge on any atom is 0.337 e. The normalized spacial score (nSPS) is 15.4. The number of fused-ring (bicyclic) bond motifs is 2. The van der Waals surface area contributed by atoms with Crippen LogP contribution in [0.5, 0.6) is 0 Å². The minimum atomic E-state index is -0.600. The molecule has 1 atom stereocenters. The highest BCUT2D eigenvalue weighted by atomic mass is 16.5. The molecule has 1 amide bonds. The SMILES string of the molecule is CCOCCCN1C(=O)c2oc3ccccc3c(=O)c2[C@@H]1c1ccc(C(=O)OC)cc1. The molecule has 160 valence electrons. The summed E-state index contributed by atoms with van der Waals surface area (Å²) in [6, 6.07) is 13.0. The van der Waals surface area contributed by atoms with Gasteiger partial charge in [-0.15, -0.1) is 0 Å². The number of para-hydroxylation sites is 1. The molecule has 1 aromatic heterocycles. The molecule has 0 spiro atoms. The summed E-state index contributed by atoms with van der Waals surface area (Å²) in [5, 5.41) is 0.432. The summed E-state index contributed by atoms with van der Waals surface area (Å²) < 4.78 is 16.1. The lowest BCUT2D eigenvalue weighted by Crippen LogP contribution is -2.31. The Morgan fingerprint density at radius 3 is 2.55 bits per heavy atom. The number of methoxy groups -OCH3 is 1. The zero-order valence-corrected chi connectivity index (χ0v) is 17.4. The number of rotatable bonds is 7. The number of hydrogen-bond acceptors (Lipinski definition) is 6. The Kier molecular flexibility index (Phi) is 5.86. The summed E-state index contributed by atoms with van der Waals surface area (Å²) in [6.45, 7) is 3.42. The third-order valence-electron chi connectivity index (χ3n) is 5.41. The van der Waals surface area contributed by atoms with Crippen LogP contribution in [0.2, 0.25) is 0 Å². The van der Waals surface area contributed by atoms with Crippen molar-refractivity contribution < 1.29 is 23.5 Å². The Morgan fingerprint density at radius 1 is 1.10 bits per heavy atom. The van der Waals surface area contributed by atoms with Gasteiger partial charge in [0.1, 0.15) is 5.58 Å². The standard InChI is InChI=1S/C24H23NO6/c1-3-30-14-6-13-25-20(15-9-11-16(12-10-15)24(28)29-2)19-21(26)17-7-4-5-8-18(17)31-22(19)23(25)27/h4-5,7-12,20H,3,6,13-14H2,1-2H3/t20-/m0/s1. The van der Waals surface area contributed by atoms with E-state index >= 15 is 0 Å². The van der Waals surface area contributed by atoms with Crippen LogP contribution in [0.1, 0.15) is 51.4 Å². The van der Waals surface area contributed by atoms with Crippen molar-refractivity contribution in [3.63, 3.8) is 0 Å². The summed E-state index contributed by atoms with van der Waals surface area (Å²) in [5.41, 5.74) is 1.60. The van der Waals surface area contributed by atoms with Crippen molar-refractivity contribution >= 4 is 22.8 Å². The van der Waals surface area contributed by atoms with E-state index in [0.717, 1.165) is 5.56 Å². The Balaban J connectivity index is 1.81. The van der Waals surface area contributed by atoms with Crippen molar-refractivity contribution in [3.8, 4) is 0 Å². The highest BCUT2D eigenvalue weighted by molar-refractivity contribution is 5.99. The van der Waals surface area contributed by atoms with Crippen LogP contribution < -0.4 is 5.43 Å².